The molecule has 0 aromatic carbocycles. The molecule has 5 heteroatoms. The van der Waals surface area contributed by atoms with Gasteiger partial charge in [0.25, 0.3) is 0 Å². The van der Waals surface area contributed by atoms with Crippen LogP contribution in [-0.2, 0) is 9.47 Å². The number of halogens is 1. The van der Waals surface area contributed by atoms with E-state index in [1.807, 2.05) is 20.8 Å². The molecule has 1 saturated carbocycles. The Morgan fingerprint density at radius 1 is 1.14 bits per heavy atom. The number of alkyl halides is 1. The first-order valence-electron chi connectivity index (χ1n) is 8.02. The predicted octanol–water partition coefficient (Wildman–Crippen LogP) is 3.96. The third-order valence-electron chi connectivity index (χ3n) is 4.18. The van der Waals surface area contributed by atoms with E-state index in [1.54, 1.807) is 4.90 Å². The van der Waals surface area contributed by atoms with Crippen molar-refractivity contribution in [3.63, 3.8) is 0 Å². The molecule has 2 unspecified atom stereocenters. The van der Waals surface area contributed by atoms with Crippen molar-refractivity contribution in [3.05, 3.63) is 0 Å². The second kappa shape index (κ2) is 6.86. The molecule has 1 amide bonds. The molecule has 0 bridgehead atoms. The molecule has 1 heterocycles. The number of hydrogen-bond acceptors (Lipinski definition) is 3. The predicted molar refractivity (Wildman–Crippen MR) is 86.8 cm³/mol. The first kappa shape index (κ1) is 17.1. The van der Waals surface area contributed by atoms with Gasteiger partial charge in [-0.05, 0) is 52.4 Å². The quantitative estimate of drug-likeness (QED) is 0.698. The Morgan fingerprint density at radius 3 is 2.33 bits per heavy atom. The maximum absolute atomic E-state index is 12.1. The van der Waals surface area contributed by atoms with Crippen LogP contribution in [0, 0.1) is 5.92 Å². The number of ether oxygens (including phenoxy) is 2. The van der Waals surface area contributed by atoms with Crippen LogP contribution in [0.15, 0.2) is 0 Å². The standard InChI is InChI=1S/C16H28BrNO3/c1-11-5-7-12(8-6-11)20-14-10-18(9-13(14)17)15(19)21-16(2,3)4/h11-14H,5-10H2,1-4H3. The molecule has 0 aromatic heterocycles. The molecule has 0 spiro atoms. The van der Waals surface area contributed by atoms with E-state index < -0.39 is 5.60 Å². The Balaban J connectivity index is 1.82. The number of likely N-dealkylation sites (tertiary alicyclic amines) is 1. The minimum Gasteiger partial charge on any atom is -0.444 e. The van der Waals surface area contributed by atoms with Crippen LogP contribution in [0.5, 0.6) is 0 Å². The van der Waals surface area contributed by atoms with E-state index in [9.17, 15) is 4.79 Å². The summed E-state index contributed by atoms with van der Waals surface area (Å²) in [7, 11) is 0. The summed E-state index contributed by atoms with van der Waals surface area (Å²) in [5.74, 6) is 0.825. The van der Waals surface area contributed by atoms with Gasteiger partial charge in [0.2, 0.25) is 0 Å². The summed E-state index contributed by atoms with van der Waals surface area (Å²) in [6.07, 6.45) is 4.98. The van der Waals surface area contributed by atoms with Crippen molar-refractivity contribution in [2.75, 3.05) is 13.1 Å². The van der Waals surface area contributed by atoms with Gasteiger partial charge in [0.05, 0.1) is 23.6 Å². The van der Waals surface area contributed by atoms with Crippen molar-refractivity contribution in [1.29, 1.82) is 0 Å². The molecule has 0 aromatic rings. The summed E-state index contributed by atoms with van der Waals surface area (Å²) >= 11 is 3.66. The Morgan fingerprint density at radius 2 is 1.76 bits per heavy atom. The third kappa shape index (κ3) is 5.13. The van der Waals surface area contributed by atoms with Crippen LogP contribution in [0.4, 0.5) is 4.79 Å². The lowest BCUT2D eigenvalue weighted by molar-refractivity contribution is -0.0297. The minimum absolute atomic E-state index is 0.0796. The largest absolute Gasteiger partial charge is 0.444 e. The van der Waals surface area contributed by atoms with Crippen LogP contribution in [0.25, 0.3) is 0 Å². The van der Waals surface area contributed by atoms with Crippen molar-refractivity contribution < 1.29 is 14.3 Å². The molecule has 2 aliphatic rings. The number of amides is 1. The van der Waals surface area contributed by atoms with Crippen LogP contribution in [0.2, 0.25) is 0 Å². The second-order valence-electron chi connectivity index (χ2n) is 7.46. The van der Waals surface area contributed by atoms with Crippen LogP contribution in [0.3, 0.4) is 0 Å². The fourth-order valence-electron chi connectivity index (χ4n) is 2.95. The molecule has 0 N–H and O–H groups in total. The average Bonchev–Trinajstić information content (AvgIpc) is 2.72. The molecule has 1 aliphatic carbocycles. The molecule has 1 saturated heterocycles. The van der Waals surface area contributed by atoms with Crippen LogP contribution in [0.1, 0.15) is 53.4 Å². The van der Waals surface area contributed by atoms with E-state index in [0.717, 1.165) is 18.8 Å². The summed E-state index contributed by atoms with van der Waals surface area (Å²) in [6.45, 7) is 9.26. The van der Waals surface area contributed by atoms with Crippen molar-refractivity contribution in [3.8, 4) is 0 Å². The van der Waals surface area contributed by atoms with E-state index in [1.165, 1.54) is 12.8 Å². The van der Waals surface area contributed by atoms with Crippen molar-refractivity contribution in [2.24, 2.45) is 5.92 Å². The van der Waals surface area contributed by atoms with Gasteiger partial charge in [-0.15, -0.1) is 0 Å². The molecule has 21 heavy (non-hydrogen) atoms. The molecule has 4 nitrogen and oxygen atoms in total. The molecule has 2 fully saturated rings. The highest BCUT2D eigenvalue weighted by Gasteiger charge is 2.38. The zero-order valence-corrected chi connectivity index (χ0v) is 15.2. The lowest BCUT2D eigenvalue weighted by Gasteiger charge is -2.29. The van der Waals surface area contributed by atoms with E-state index in [2.05, 4.69) is 22.9 Å². The van der Waals surface area contributed by atoms with E-state index >= 15 is 0 Å². The van der Waals surface area contributed by atoms with Crippen molar-refractivity contribution in [1.82, 2.24) is 4.90 Å². The smallest absolute Gasteiger partial charge is 0.410 e. The summed E-state index contributed by atoms with van der Waals surface area (Å²) in [5.41, 5.74) is -0.447. The minimum atomic E-state index is -0.447. The molecule has 1 aliphatic heterocycles. The maximum Gasteiger partial charge on any atom is 0.410 e. The summed E-state index contributed by atoms with van der Waals surface area (Å²) < 4.78 is 11.7. The van der Waals surface area contributed by atoms with Gasteiger partial charge in [-0.1, -0.05) is 22.9 Å². The Labute approximate surface area is 136 Å². The topological polar surface area (TPSA) is 38.8 Å². The van der Waals surface area contributed by atoms with E-state index in [0.29, 0.717) is 19.2 Å². The Kier molecular flexibility index (Phi) is 5.58. The third-order valence-corrected chi connectivity index (χ3v) is 5.06. The fourth-order valence-corrected chi connectivity index (χ4v) is 3.59. The number of carbonyl (C=O) groups is 1. The monoisotopic (exact) mass is 361 g/mol. The lowest BCUT2D eigenvalue weighted by atomic mass is 9.89. The normalized spacial score (nSPS) is 34.0. The molecular formula is C16H28BrNO3. The van der Waals surface area contributed by atoms with E-state index in [-0.39, 0.29) is 17.0 Å². The summed E-state index contributed by atoms with van der Waals surface area (Å²) in [4.78, 5) is 14.1. The average molecular weight is 362 g/mol. The van der Waals surface area contributed by atoms with Gasteiger partial charge in [-0.2, -0.15) is 0 Å². The highest BCUT2D eigenvalue weighted by molar-refractivity contribution is 9.09. The highest BCUT2D eigenvalue weighted by Crippen LogP contribution is 2.30. The van der Waals surface area contributed by atoms with Gasteiger partial charge in [0.15, 0.2) is 0 Å². The molecule has 122 valence electrons. The number of nitrogens with zero attached hydrogens (tertiary/aromatic N) is 1. The first-order valence-corrected chi connectivity index (χ1v) is 8.93. The number of hydrogen-bond donors (Lipinski definition) is 0. The van der Waals surface area contributed by atoms with Crippen molar-refractivity contribution >= 4 is 22.0 Å². The van der Waals surface area contributed by atoms with E-state index in [4.69, 9.17) is 9.47 Å². The van der Waals surface area contributed by atoms with Gasteiger partial charge in [0, 0.05) is 6.54 Å². The second-order valence-corrected chi connectivity index (χ2v) is 8.63. The zero-order valence-electron chi connectivity index (χ0n) is 13.6. The number of carbonyl (C=O) groups excluding carboxylic acids is 1. The van der Waals surface area contributed by atoms with Gasteiger partial charge in [-0.25, -0.2) is 4.79 Å². The van der Waals surface area contributed by atoms with Crippen LogP contribution < -0.4 is 0 Å². The molecule has 2 rings (SSSR count). The van der Waals surface area contributed by atoms with Gasteiger partial charge in [-0.3, -0.25) is 0 Å². The maximum atomic E-state index is 12.1. The van der Waals surface area contributed by atoms with Gasteiger partial charge in [0.1, 0.15) is 5.60 Å². The fraction of sp³-hybridized carbons (Fsp3) is 0.938. The molecular weight excluding hydrogens is 334 g/mol. The molecule has 2 atom stereocenters. The summed E-state index contributed by atoms with van der Waals surface area (Å²) in [6, 6.07) is 0. The highest BCUT2D eigenvalue weighted by atomic mass is 79.9. The summed E-state index contributed by atoms with van der Waals surface area (Å²) in [5, 5.41) is 0. The Bertz CT molecular complexity index is 361. The van der Waals surface area contributed by atoms with Gasteiger partial charge >= 0.3 is 6.09 Å². The SMILES string of the molecule is CC1CCC(OC2CN(C(=O)OC(C)(C)C)CC2Br)CC1. The van der Waals surface area contributed by atoms with Crippen LogP contribution >= 0.6 is 15.9 Å². The van der Waals surface area contributed by atoms with Gasteiger partial charge < -0.3 is 14.4 Å². The van der Waals surface area contributed by atoms with Crippen molar-refractivity contribution in [2.45, 2.75) is 76.0 Å². The Hall–Kier alpha value is -0.290. The molecule has 0 radical (unpaired) electrons. The zero-order chi connectivity index (χ0) is 15.6. The lowest BCUT2D eigenvalue weighted by Crippen LogP contribution is -2.36. The number of rotatable bonds is 2. The van der Waals surface area contributed by atoms with Crippen LogP contribution in [-0.4, -0.2) is 46.7 Å². The first-order chi connectivity index (χ1) is 9.74.